The Bertz CT molecular complexity index is 153. The standard InChI is InChI=1S/C8H14O2/c1-8(2)6(9)5-3-4-10-7(5)8/h5-7,9H,3-4H2,1-2H3/t5-,6+,7+/m0/s1. The molecule has 1 saturated carbocycles. The first-order valence-corrected chi connectivity index (χ1v) is 3.93. The van der Waals surface area contributed by atoms with Crippen LogP contribution in [0.15, 0.2) is 0 Å². The summed E-state index contributed by atoms with van der Waals surface area (Å²) in [5.74, 6) is 0.440. The third kappa shape index (κ3) is 0.565. The fraction of sp³-hybridized carbons (Fsp3) is 1.00. The molecule has 0 spiro atoms. The summed E-state index contributed by atoms with van der Waals surface area (Å²) in [6, 6.07) is 0. The molecule has 0 bridgehead atoms. The maximum atomic E-state index is 9.57. The third-order valence-corrected chi connectivity index (χ3v) is 3.04. The van der Waals surface area contributed by atoms with Crippen LogP contribution in [-0.4, -0.2) is 23.9 Å². The molecule has 0 unspecified atom stereocenters. The molecule has 0 amide bonds. The van der Waals surface area contributed by atoms with Crippen molar-refractivity contribution in [1.29, 1.82) is 0 Å². The Balaban J connectivity index is 2.15. The van der Waals surface area contributed by atoms with Gasteiger partial charge in [0.25, 0.3) is 0 Å². The van der Waals surface area contributed by atoms with Crippen LogP contribution in [0.4, 0.5) is 0 Å². The second kappa shape index (κ2) is 1.74. The Labute approximate surface area is 61.2 Å². The van der Waals surface area contributed by atoms with Crippen molar-refractivity contribution in [3.63, 3.8) is 0 Å². The van der Waals surface area contributed by atoms with Crippen LogP contribution in [-0.2, 0) is 4.74 Å². The topological polar surface area (TPSA) is 29.5 Å². The summed E-state index contributed by atoms with van der Waals surface area (Å²) in [6.45, 7) is 4.99. The van der Waals surface area contributed by atoms with Gasteiger partial charge in [-0.05, 0) is 6.42 Å². The number of fused-ring (bicyclic) bond motifs is 1. The Hall–Kier alpha value is -0.0800. The number of hydrogen-bond acceptors (Lipinski definition) is 2. The van der Waals surface area contributed by atoms with Gasteiger partial charge in [0.15, 0.2) is 0 Å². The van der Waals surface area contributed by atoms with E-state index in [1.54, 1.807) is 0 Å². The molecule has 2 aliphatic rings. The van der Waals surface area contributed by atoms with Crippen LogP contribution in [0.25, 0.3) is 0 Å². The van der Waals surface area contributed by atoms with Gasteiger partial charge in [-0.3, -0.25) is 0 Å². The van der Waals surface area contributed by atoms with Crippen molar-refractivity contribution in [2.45, 2.75) is 32.5 Å². The average molecular weight is 142 g/mol. The zero-order chi connectivity index (χ0) is 7.35. The average Bonchev–Trinajstić information content (AvgIpc) is 2.31. The lowest BCUT2D eigenvalue weighted by atomic mass is 9.59. The lowest BCUT2D eigenvalue weighted by molar-refractivity contribution is -0.181. The molecule has 58 valence electrons. The molecule has 2 heteroatoms. The summed E-state index contributed by atoms with van der Waals surface area (Å²) in [5.41, 5.74) is 0.0150. The highest BCUT2D eigenvalue weighted by atomic mass is 16.5. The predicted octanol–water partition coefficient (Wildman–Crippen LogP) is 0.792. The van der Waals surface area contributed by atoms with Crippen LogP contribution in [0.2, 0.25) is 0 Å². The van der Waals surface area contributed by atoms with E-state index < -0.39 is 0 Å². The summed E-state index contributed by atoms with van der Waals surface area (Å²) < 4.78 is 5.48. The van der Waals surface area contributed by atoms with Gasteiger partial charge in [0.05, 0.1) is 12.2 Å². The summed E-state index contributed by atoms with van der Waals surface area (Å²) in [5, 5.41) is 9.57. The Kier molecular flexibility index (Phi) is 1.15. The first-order valence-electron chi connectivity index (χ1n) is 3.93. The molecule has 1 N–H and O–H groups in total. The normalized spacial score (nSPS) is 50.1. The molecule has 10 heavy (non-hydrogen) atoms. The largest absolute Gasteiger partial charge is 0.392 e. The number of rotatable bonds is 0. The summed E-state index contributed by atoms with van der Waals surface area (Å²) in [6.07, 6.45) is 1.26. The third-order valence-electron chi connectivity index (χ3n) is 3.04. The van der Waals surface area contributed by atoms with E-state index in [9.17, 15) is 5.11 Å². The van der Waals surface area contributed by atoms with E-state index in [0.717, 1.165) is 13.0 Å². The highest BCUT2D eigenvalue weighted by molar-refractivity contribution is 5.07. The molecule has 1 aliphatic heterocycles. The lowest BCUT2D eigenvalue weighted by Gasteiger charge is -2.51. The summed E-state index contributed by atoms with van der Waals surface area (Å²) in [7, 11) is 0. The van der Waals surface area contributed by atoms with Gasteiger partial charge in [0, 0.05) is 17.9 Å². The van der Waals surface area contributed by atoms with Crippen LogP contribution in [0, 0.1) is 11.3 Å². The van der Waals surface area contributed by atoms with Gasteiger partial charge >= 0.3 is 0 Å². The van der Waals surface area contributed by atoms with Crippen molar-refractivity contribution in [1.82, 2.24) is 0 Å². The Morgan fingerprint density at radius 1 is 1.50 bits per heavy atom. The van der Waals surface area contributed by atoms with Crippen molar-refractivity contribution in [2.24, 2.45) is 11.3 Å². The van der Waals surface area contributed by atoms with Crippen molar-refractivity contribution >= 4 is 0 Å². The maximum absolute atomic E-state index is 9.57. The van der Waals surface area contributed by atoms with E-state index in [1.165, 1.54) is 0 Å². The fourth-order valence-electron chi connectivity index (χ4n) is 2.30. The molecular weight excluding hydrogens is 128 g/mol. The predicted molar refractivity (Wildman–Crippen MR) is 37.6 cm³/mol. The smallest absolute Gasteiger partial charge is 0.0704 e. The Morgan fingerprint density at radius 3 is 2.80 bits per heavy atom. The SMILES string of the molecule is CC1(C)[C@H](O)[C@@H]2CCO[C@H]21. The molecule has 1 heterocycles. The van der Waals surface area contributed by atoms with Crippen molar-refractivity contribution in [3.8, 4) is 0 Å². The highest BCUT2D eigenvalue weighted by Crippen LogP contribution is 2.51. The molecule has 2 rings (SSSR count). The van der Waals surface area contributed by atoms with Gasteiger partial charge in [0.1, 0.15) is 0 Å². The van der Waals surface area contributed by atoms with Crippen LogP contribution in [0.1, 0.15) is 20.3 Å². The molecule has 1 aliphatic carbocycles. The number of hydrogen-bond donors (Lipinski definition) is 1. The zero-order valence-electron chi connectivity index (χ0n) is 6.50. The molecule has 2 fully saturated rings. The van der Waals surface area contributed by atoms with E-state index in [0.29, 0.717) is 12.0 Å². The van der Waals surface area contributed by atoms with Crippen LogP contribution < -0.4 is 0 Å². The molecule has 0 aromatic carbocycles. The van der Waals surface area contributed by atoms with Crippen LogP contribution in [0.5, 0.6) is 0 Å². The monoisotopic (exact) mass is 142 g/mol. The zero-order valence-corrected chi connectivity index (χ0v) is 6.50. The van der Waals surface area contributed by atoms with Crippen LogP contribution in [0.3, 0.4) is 0 Å². The minimum atomic E-state index is -0.125. The molecule has 2 nitrogen and oxygen atoms in total. The van der Waals surface area contributed by atoms with Crippen molar-refractivity contribution in [3.05, 3.63) is 0 Å². The van der Waals surface area contributed by atoms with E-state index in [2.05, 4.69) is 13.8 Å². The van der Waals surface area contributed by atoms with Gasteiger partial charge in [0.2, 0.25) is 0 Å². The van der Waals surface area contributed by atoms with Gasteiger partial charge in [-0.15, -0.1) is 0 Å². The van der Waals surface area contributed by atoms with Gasteiger partial charge in [-0.1, -0.05) is 13.8 Å². The Morgan fingerprint density at radius 2 is 2.20 bits per heavy atom. The minimum absolute atomic E-state index is 0.0150. The maximum Gasteiger partial charge on any atom is 0.0704 e. The molecule has 0 aromatic rings. The molecular formula is C8H14O2. The molecule has 3 atom stereocenters. The second-order valence-electron chi connectivity index (χ2n) is 4.01. The number of aliphatic hydroxyl groups excluding tert-OH is 1. The van der Waals surface area contributed by atoms with Gasteiger partial charge in [-0.25, -0.2) is 0 Å². The summed E-state index contributed by atoms with van der Waals surface area (Å²) >= 11 is 0. The van der Waals surface area contributed by atoms with E-state index in [4.69, 9.17) is 4.74 Å². The number of ether oxygens (including phenoxy) is 1. The van der Waals surface area contributed by atoms with Gasteiger partial charge in [-0.2, -0.15) is 0 Å². The van der Waals surface area contributed by atoms with Crippen molar-refractivity contribution in [2.75, 3.05) is 6.61 Å². The first kappa shape index (κ1) is 6.62. The highest BCUT2D eigenvalue weighted by Gasteiger charge is 2.58. The minimum Gasteiger partial charge on any atom is -0.392 e. The van der Waals surface area contributed by atoms with Crippen molar-refractivity contribution < 1.29 is 9.84 Å². The van der Waals surface area contributed by atoms with Crippen LogP contribution >= 0.6 is 0 Å². The lowest BCUT2D eigenvalue weighted by Crippen LogP contribution is -2.59. The second-order valence-corrected chi connectivity index (χ2v) is 4.01. The van der Waals surface area contributed by atoms with E-state index in [1.807, 2.05) is 0 Å². The van der Waals surface area contributed by atoms with E-state index >= 15 is 0 Å². The van der Waals surface area contributed by atoms with Gasteiger partial charge < -0.3 is 9.84 Å². The quantitative estimate of drug-likeness (QED) is 0.542. The first-order chi connectivity index (χ1) is 4.64. The molecule has 0 radical (unpaired) electrons. The van der Waals surface area contributed by atoms with E-state index in [-0.39, 0.29) is 11.5 Å². The fourth-order valence-corrected chi connectivity index (χ4v) is 2.30. The molecule has 1 saturated heterocycles. The molecule has 0 aromatic heterocycles. The summed E-state index contributed by atoms with van der Waals surface area (Å²) in [4.78, 5) is 0. The number of aliphatic hydroxyl groups is 1.